The van der Waals surface area contributed by atoms with Crippen LogP contribution in [0.25, 0.3) is 16.9 Å². The maximum Gasteiger partial charge on any atom is 0.238 e. The summed E-state index contributed by atoms with van der Waals surface area (Å²) in [5, 5.41) is 4.24. The number of halogens is 2. The molecule has 4 aromatic rings. The van der Waals surface area contributed by atoms with E-state index in [0.29, 0.717) is 22.8 Å². The minimum atomic E-state index is -0.725. The molecule has 5 rings (SSSR count). The van der Waals surface area contributed by atoms with E-state index in [9.17, 15) is 14.0 Å². The monoisotopic (exact) mass is 518 g/mol. The second kappa shape index (κ2) is 9.82. The van der Waals surface area contributed by atoms with Crippen LogP contribution in [0.1, 0.15) is 27.5 Å². The zero-order valence-corrected chi connectivity index (χ0v) is 21.1. The van der Waals surface area contributed by atoms with E-state index in [0.717, 1.165) is 22.8 Å². The summed E-state index contributed by atoms with van der Waals surface area (Å²) in [5.74, 6) is -2.16. The van der Waals surface area contributed by atoms with Gasteiger partial charge in [0, 0.05) is 22.8 Å². The molecule has 1 aromatic heterocycles. The summed E-state index contributed by atoms with van der Waals surface area (Å²) in [4.78, 5) is 26.8. The van der Waals surface area contributed by atoms with Crippen LogP contribution in [0.4, 0.5) is 14.6 Å². The number of hydrogen-bond donors (Lipinski definition) is 1. The van der Waals surface area contributed by atoms with Crippen LogP contribution >= 0.6 is 11.8 Å². The second-order valence-corrected chi connectivity index (χ2v) is 10.1. The number of fused-ring (bicyclic) bond motifs is 1. The van der Waals surface area contributed by atoms with Crippen LogP contribution in [0.5, 0.6) is 0 Å². The van der Waals surface area contributed by atoms with E-state index >= 15 is 4.39 Å². The summed E-state index contributed by atoms with van der Waals surface area (Å²) >= 11 is 1.20. The number of nitrogens with two attached hydrogens (primary N) is 1. The number of aryl methyl sites for hydroxylation is 2. The first kappa shape index (κ1) is 24.7. The van der Waals surface area contributed by atoms with E-state index in [1.54, 1.807) is 4.68 Å². The highest BCUT2D eigenvalue weighted by Crippen LogP contribution is 2.49. The van der Waals surface area contributed by atoms with Gasteiger partial charge in [0.25, 0.3) is 0 Å². The predicted molar refractivity (Wildman–Crippen MR) is 141 cm³/mol. The number of amides is 2. The molecule has 6 nitrogen and oxygen atoms in total. The smallest absolute Gasteiger partial charge is 0.238 e. The molecule has 0 spiro atoms. The van der Waals surface area contributed by atoms with Crippen molar-refractivity contribution in [3.8, 4) is 16.9 Å². The molecule has 1 aliphatic heterocycles. The molecule has 0 saturated carbocycles. The van der Waals surface area contributed by atoms with Gasteiger partial charge in [-0.05, 0) is 31.5 Å². The Hall–Kier alpha value is -3.98. The van der Waals surface area contributed by atoms with E-state index < -0.39 is 22.8 Å². The molecule has 2 heterocycles. The first-order valence-electron chi connectivity index (χ1n) is 11.7. The molecule has 3 aromatic carbocycles. The van der Waals surface area contributed by atoms with Crippen LogP contribution in [0.3, 0.4) is 0 Å². The number of hydrogen-bond acceptors (Lipinski definition) is 4. The molecule has 0 saturated heterocycles. The van der Waals surface area contributed by atoms with Crippen LogP contribution in [-0.2, 0) is 9.59 Å². The molecular weight excluding hydrogens is 494 g/mol. The van der Waals surface area contributed by atoms with Crippen molar-refractivity contribution in [2.45, 2.75) is 19.1 Å². The number of aromatic nitrogens is 2. The molecule has 1 atom stereocenters. The van der Waals surface area contributed by atoms with Crippen LogP contribution < -0.4 is 10.6 Å². The molecule has 2 amide bonds. The number of thioether (sulfide) groups is 1. The Morgan fingerprint density at radius 2 is 1.84 bits per heavy atom. The zero-order chi connectivity index (χ0) is 26.3. The Bertz CT molecular complexity index is 1520. The Labute approximate surface area is 217 Å². The average molecular weight is 519 g/mol. The molecule has 9 heteroatoms. The van der Waals surface area contributed by atoms with Gasteiger partial charge in [-0.15, -0.1) is 11.8 Å². The Balaban J connectivity index is 1.88. The predicted octanol–water partition coefficient (Wildman–Crippen LogP) is 5.09. The molecule has 0 unspecified atom stereocenters. The highest BCUT2D eigenvalue weighted by atomic mass is 32.2. The van der Waals surface area contributed by atoms with Gasteiger partial charge in [0.05, 0.1) is 22.4 Å². The van der Waals surface area contributed by atoms with Crippen molar-refractivity contribution in [1.29, 1.82) is 0 Å². The van der Waals surface area contributed by atoms with Crippen molar-refractivity contribution in [2.75, 3.05) is 17.2 Å². The Kier molecular flexibility index (Phi) is 6.55. The van der Waals surface area contributed by atoms with E-state index in [4.69, 9.17) is 10.8 Å². The van der Waals surface area contributed by atoms with Gasteiger partial charge in [-0.2, -0.15) is 5.10 Å². The highest BCUT2D eigenvalue weighted by Gasteiger charge is 2.38. The van der Waals surface area contributed by atoms with Crippen LogP contribution in [0.15, 0.2) is 66.7 Å². The summed E-state index contributed by atoms with van der Waals surface area (Å²) in [7, 11) is 0. The molecule has 188 valence electrons. The highest BCUT2D eigenvalue weighted by molar-refractivity contribution is 8.00. The van der Waals surface area contributed by atoms with Gasteiger partial charge in [0.2, 0.25) is 11.8 Å². The molecule has 0 bridgehead atoms. The second-order valence-electron chi connectivity index (χ2n) is 8.96. The number of carbonyl (C=O) groups is 2. The summed E-state index contributed by atoms with van der Waals surface area (Å²) in [6.45, 7) is 3.54. The van der Waals surface area contributed by atoms with Crippen molar-refractivity contribution in [3.05, 3.63) is 101 Å². The van der Waals surface area contributed by atoms with Crippen molar-refractivity contribution >= 4 is 29.4 Å². The summed E-state index contributed by atoms with van der Waals surface area (Å²) in [6, 6.07) is 18.6. The van der Waals surface area contributed by atoms with Crippen LogP contribution in [0, 0.1) is 25.5 Å². The SMILES string of the molecule is Cc1ccc(-n2nc(-c3ccccc3)c3c2N(CC(N)=O)C(=O)CS[C@@H]3c2ccc(F)cc2F)c(C)c1. The van der Waals surface area contributed by atoms with Crippen molar-refractivity contribution in [2.24, 2.45) is 5.73 Å². The molecule has 37 heavy (non-hydrogen) atoms. The van der Waals surface area contributed by atoms with E-state index in [-0.39, 0.29) is 23.8 Å². The number of primary amides is 1. The molecule has 1 aliphatic rings. The number of carbonyl (C=O) groups excluding carboxylic acids is 2. The Morgan fingerprint density at radius 1 is 1.08 bits per heavy atom. The molecule has 0 fully saturated rings. The lowest BCUT2D eigenvalue weighted by molar-refractivity contribution is -0.121. The summed E-state index contributed by atoms with van der Waals surface area (Å²) < 4.78 is 30.6. The van der Waals surface area contributed by atoms with Crippen LogP contribution in [0.2, 0.25) is 0 Å². The van der Waals surface area contributed by atoms with Gasteiger partial charge in [-0.25, -0.2) is 13.5 Å². The van der Waals surface area contributed by atoms with E-state index in [2.05, 4.69) is 0 Å². The zero-order valence-electron chi connectivity index (χ0n) is 20.2. The first-order chi connectivity index (χ1) is 17.7. The maximum absolute atomic E-state index is 15.2. The third-order valence-electron chi connectivity index (χ3n) is 6.28. The fourth-order valence-corrected chi connectivity index (χ4v) is 5.87. The van der Waals surface area contributed by atoms with Crippen molar-refractivity contribution < 1.29 is 18.4 Å². The largest absolute Gasteiger partial charge is 0.368 e. The van der Waals surface area contributed by atoms with E-state index in [1.807, 2.05) is 62.4 Å². The minimum absolute atomic E-state index is 0.0372. The number of benzene rings is 3. The number of anilines is 1. The van der Waals surface area contributed by atoms with E-state index in [1.165, 1.54) is 28.8 Å². The average Bonchev–Trinajstić information content (AvgIpc) is 3.17. The fraction of sp³-hybridized carbons (Fsp3) is 0.179. The first-order valence-corrected chi connectivity index (χ1v) is 12.7. The fourth-order valence-electron chi connectivity index (χ4n) is 4.65. The van der Waals surface area contributed by atoms with Gasteiger partial charge in [0.15, 0.2) is 0 Å². The number of rotatable bonds is 5. The third kappa shape index (κ3) is 4.62. The third-order valence-corrected chi connectivity index (χ3v) is 7.51. The molecule has 0 radical (unpaired) electrons. The standard InChI is InChI=1S/C28H24F2N4O2S/c1-16-8-11-22(17(2)12-16)34-28-25(26(32-34)18-6-4-3-5-7-18)27(20-10-9-19(29)13-21(20)30)37-15-24(36)33(28)14-23(31)35/h3-13,27H,14-15H2,1-2H3,(H2,31,35)/t27-/m1/s1. The van der Waals surface area contributed by atoms with Gasteiger partial charge < -0.3 is 5.73 Å². The lowest BCUT2D eigenvalue weighted by Gasteiger charge is -2.23. The molecular formula is C28H24F2N4O2S. The molecule has 2 N–H and O–H groups in total. The lowest BCUT2D eigenvalue weighted by atomic mass is 9.99. The lowest BCUT2D eigenvalue weighted by Crippen LogP contribution is -2.40. The quantitative estimate of drug-likeness (QED) is 0.399. The summed E-state index contributed by atoms with van der Waals surface area (Å²) in [5.41, 5.74) is 10.3. The van der Waals surface area contributed by atoms with Crippen LogP contribution in [-0.4, -0.2) is 33.9 Å². The maximum atomic E-state index is 15.2. The van der Waals surface area contributed by atoms with Crippen molar-refractivity contribution in [3.63, 3.8) is 0 Å². The number of nitrogens with zero attached hydrogens (tertiary/aromatic N) is 3. The van der Waals surface area contributed by atoms with Crippen molar-refractivity contribution in [1.82, 2.24) is 9.78 Å². The Morgan fingerprint density at radius 3 is 2.51 bits per heavy atom. The normalized spacial score (nSPS) is 15.4. The topological polar surface area (TPSA) is 81.2 Å². The van der Waals surface area contributed by atoms with Gasteiger partial charge in [0.1, 0.15) is 24.0 Å². The van der Waals surface area contributed by atoms with Gasteiger partial charge in [-0.3, -0.25) is 14.5 Å². The summed E-state index contributed by atoms with van der Waals surface area (Å²) in [6.07, 6.45) is 0. The molecule has 0 aliphatic carbocycles. The minimum Gasteiger partial charge on any atom is -0.368 e. The van der Waals surface area contributed by atoms with Gasteiger partial charge in [-0.1, -0.05) is 54.1 Å². The van der Waals surface area contributed by atoms with Gasteiger partial charge >= 0.3 is 0 Å².